The number of benzene rings is 1. The van der Waals surface area contributed by atoms with E-state index in [1.165, 1.54) is 0 Å². The highest BCUT2D eigenvalue weighted by atomic mass is 19.1. The van der Waals surface area contributed by atoms with Gasteiger partial charge < -0.3 is 24.8 Å². The average molecular weight is 465 g/mol. The van der Waals surface area contributed by atoms with Gasteiger partial charge in [-0.3, -0.25) is 9.89 Å². The van der Waals surface area contributed by atoms with Gasteiger partial charge in [0.15, 0.2) is 17.4 Å². The van der Waals surface area contributed by atoms with Crippen LogP contribution in [0.3, 0.4) is 0 Å². The number of aromatic amines is 2. The van der Waals surface area contributed by atoms with Crippen LogP contribution in [0.15, 0.2) is 30.3 Å². The first-order valence-electron chi connectivity index (χ1n) is 11.0. The number of rotatable bonds is 5. The smallest absolute Gasteiger partial charge is 0.326 e. The van der Waals surface area contributed by atoms with Gasteiger partial charge in [0.2, 0.25) is 5.91 Å². The maximum atomic E-state index is 15.1. The molecular formula is C23H25FN8O2. The van der Waals surface area contributed by atoms with Crippen molar-refractivity contribution in [1.82, 2.24) is 30.0 Å². The quantitative estimate of drug-likeness (QED) is 0.413. The molecule has 1 aliphatic rings. The minimum Gasteiger partial charge on any atom is -0.421 e. The second-order valence-electron chi connectivity index (χ2n) is 8.34. The number of piperazine rings is 1. The molecule has 0 unspecified atom stereocenters. The molecular weight excluding hydrogens is 439 g/mol. The monoisotopic (exact) mass is 464 g/mol. The summed E-state index contributed by atoms with van der Waals surface area (Å²) in [5.74, 6) is 1.26. The lowest BCUT2D eigenvalue weighted by Gasteiger charge is -2.35. The van der Waals surface area contributed by atoms with E-state index in [9.17, 15) is 4.79 Å². The van der Waals surface area contributed by atoms with Crippen LogP contribution in [0.1, 0.15) is 18.3 Å². The summed E-state index contributed by atoms with van der Waals surface area (Å²) in [7, 11) is 0. The summed E-state index contributed by atoms with van der Waals surface area (Å²) in [6.07, 6.45) is 0. The molecule has 34 heavy (non-hydrogen) atoms. The van der Waals surface area contributed by atoms with E-state index in [4.69, 9.17) is 4.74 Å². The van der Waals surface area contributed by atoms with E-state index in [0.717, 1.165) is 11.4 Å². The van der Waals surface area contributed by atoms with Gasteiger partial charge in [0.1, 0.15) is 11.6 Å². The number of amides is 1. The summed E-state index contributed by atoms with van der Waals surface area (Å²) in [5, 5.41) is 10.6. The predicted octanol–water partition coefficient (Wildman–Crippen LogP) is 3.64. The first kappa shape index (κ1) is 21.7. The number of nitrogens with one attached hydrogen (secondary N) is 3. The molecule has 0 spiro atoms. The lowest BCUT2D eigenvalue weighted by Crippen LogP contribution is -2.48. The second-order valence-corrected chi connectivity index (χ2v) is 8.34. The van der Waals surface area contributed by atoms with E-state index in [2.05, 4.69) is 30.5 Å². The molecule has 0 atom stereocenters. The van der Waals surface area contributed by atoms with Gasteiger partial charge in [-0.1, -0.05) is 0 Å². The fourth-order valence-corrected chi connectivity index (χ4v) is 4.01. The van der Waals surface area contributed by atoms with Crippen molar-refractivity contribution < 1.29 is 13.9 Å². The molecule has 0 aliphatic carbocycles. The molecule has 1 saturated heterocycles. The van der Waals surface area contributed by atoms with Crippen molar-refractivity contribution >= 4 is 34.3 Å². The molecule has 1 aliphatic heterocycles. The largest absolute Gasteiger partial charge is 0.421 e. The molecule has 3 N–H and O–H groups in total. The number of hydrogen-bond acceptors (Lipinski definition) is 7. The average Bonchev–Trinajstić information content (AvgIpc) is 3.40. The van der Waals surface area contributed by atoms with Crippen LogP contribution < -0.4 is 15.0 Å². The maximum absolute atomic E-state index is 15.1. The number of aromatic nitrogens is 5. The lowest BCUT2D eigenvalue weighted by molar-refractivity contribution is -0.129. The van der Waals surface area contributed by atoms with Crippen LogP contribution in [-0.4, -0.2) is 62.1 Å². The normalized spacial score (nSPS) is 14.0. The maximum Gasteiger partial charge on any atom is 0.326 e. The highest BCUT2D eigenvalue weighted by molar-refractivity contribution is 5.82. The molecule has 0 radical (unpaired) electrons. The molecule has 4 aromatic rings. The molecule has 4 heterocycles. The molecule has 3 aromatic heterocycles. The van der Waals surface area contributed by atoms with E-state index < -0.39 is 5.82 Å². The predicted molar refractivity (Wildman–Crippen MR) is 126 cm³/mol. The van der Waals surface area contributed by atoms with Crippen LogP contribution in [0.2, 0.25) is 0 Å². The number of ether oxygens (including phenoxy) is 1. The van der Waals surface area contributed by atoms with Gasteiger partial charge >= 0.3 is 6.01 Å². The van der Waals surface area contributed by atoms with Gasteiger partial charge in [-0.15, -0.1) is 0 Å². The third-order valence-electron chi connectivity index (χ3n) is 5.74. The van der Waals surface area contributed by atoms with Gasteiger partial charge in [-0.25, -0.2) is 4.39 Å². The van der Waals surface area contributed by atoms with E-state index in [1.54, 1.807) is 36.1 Å². The van der Waals surface area contributed by atoms with E-state index >= 15 is 4.39 Å². The summed E-state index contributed by atoms with van der Waals surface area (Å²) < 4.78 is 20.9. The third kappa shape index (κ3) is 4.36. The number of fused-ring (bicyclic) bond motifs is 1. The Hall–Kier alpha value is -4.15. The molecule has 0 saturated carbocycles. The molecule has 11 heteroatoms. The standard InChI is InChI=1S/C23H25FN8O2/c1-13-10-16-17(25-13)4-5-18(22(16)24)34-23-27-19(26-20-11-14(2)29-30-20)12-21(28-23)32-8-6-31(7-9-32)15(3)33/h4-5,10-12,25H,6-9H2,1-3H3,(H2,26,27,28,29,30). The van der Waals surface area contributed by atoms with Gasteiger partial charge in [-0.2, -0.15) is 15.1 Å². The van der Waals surface area contributed by atoms with E-state index in [0.29, 0.717) is 54.5 Å². The zero-order valence-corrected chi connectivity index (χ0v) is 19.1. The Bertz CT molecular complexity index is 1360. The highest BCUT2D eigenvalue weighted by Gasteiger charge is 2.22. The number of hydrogen-bond donors (Lipinski definition) is 3. The van der Waals surface area contributed by atoms with Crippen LogP contribution >= 0.6 is 0 Å². The summed E-state index contributed by atoms with van der Waals surface area (Å²) in [4.78, 5) is 27.6. The van der Waals surface area contributed by atoms with Gasteiger partial charge in [-0.05, 0) is 32.0 Å². The summed E-state index contributed by atoms with van der Waals surface area (Å²) in [6.45, 7) is 7.74. The van der Waals surface area contributed by atoms with E-state index in [1.807, 2.05) is 24.8 Å². The molecule has 1 fully saturated rings. The van der Waals surface area contributed by atoms with Crippen molar-refractivity contribution in [2.45, 2.75) is 20.8 Å². The summed E-state index contributed by atoms with van der Waals surface area (Å²) in [5.41, 5.74) is 2.44. The van der Waals surface area contributed by atoms with Crippen LogP contribution in [0, 0.1) is 19.7 Å². The first-order valence-corrected chi connectivity index (χ1v) is 11.0. The number of carbonyl (C=O) groups is 1. The van der Waals surface area contributed by atoms with Crippen molar-refractivity contribution in [3.05, 3.63) is 47.5 Å². The Kier molecular flexibility index (Phi) is 5.52. The molecule has 0 bridgehead atoms. The van der Waals surface area contributed by atoms with Crippen LogP contribution in [0.25, 0.3) is 10.9 Å². The Balaban J connectivity index is 1.47. The fourth-order valence-electron chi connectivity index (χ4n) is 4.01. The first-order chi connectivity index (χ1) is 16.4. The minimum absolute atomic E-state index is 0.00626. The van der Waals surface area contributed by atoms with Crippen molar-refractivity contribution in [2.24, 2.45) is 0 Å². The van der Waals surface area contributed by atoms with Crippen molar-refractivity contribution in [3.8, 4) is 11.8 Å². The Morgan fingerprint density at radius 3 is 2.56 bits per heavy atom. The fraction of sp³-hybridized carbons (Fsp3) is 0.304. The van der Waals surface area contributed by atoms with Gasteiger partial charge in [0, 0.05) is 67.5 Å². The van der Waals surface area contributed by atoms with Crippen molar-refractivity contribution in [3.63, 3.8) is 0 Å². The number of halogens is 1. The molecule has 1 aromatic carbocycles. The SMILES string of the molecule is CC(=O)N1CCN(c2cc(Nc3cc(C)[nH]n3)nc(Oc3ccc4[nH]c(C)cc4c3F)n2)CC1. The number of H-pyrrole nitrogens is 2. The van der Waals surface area contributed by atoms with Crippen molar-refractivity contribution in [2.75, 3.05) is 36.4 Å². The lowest BCUT2D eigenvalue weighted by atomic mass is 10.2. The number of carbonyl (C=O) groups excluding carboxylic acids is 1. The van der Waals surface area contributed by atoms with Crippen molar-refractivity contribution in [1.29, 1.82) is 0 Å². The second kappa shape index (κ2) is 8.65. The minimum atomic E-state index is -0.483. The topological polar surface area (TPSA) is 115 Å². The molecule has 5 rings (SSSR count). The third-order valence-corrected chi connectivity index (χ3v) is 5.74. The van der Waals surface area contributed by atoms with Crippen LogP contribution in [0.5, 0.6) is 11.8 Å². The van der Waals surface area contributed by atoms with Crippen LogP contribution in [-0.2, 0) is 4.79 Å². The highest BCUT2D eigenvalue weighted by Crippen LogP contribution is 2.31. The van der Waals surface area contributed by atoms with E-state index in [-0.39, 0.29) is 17.7 Å². The molecule has 10 nitrogen and oxygen atoms in total. The zero-order valence-electron chi connectivity index (χ0n) is 19.1. The number of anilines is 3. The Morgan fingerprint density at radius 1 is 1.06 bits per heavy atom. The Morgan fingerprint density at radius 2 is 1.85 bits per heavy atom. The van der Waals surface area contributed by atoms with Gasteiger partial charge in [0.25, 0.3) is 0 Å². The van der Waals surface area contributed by atoms with Gasteiger partial charge in [0.05, 0.1) is 0 Å². The summed E-state index contributed by atoms with van der Waals surface area (Å²) >= 11 is 0. The molecule has 176 valence electrons. The summed E-state index contributed by atoms with van der Waals surface area (Å²) in [6, 6.07) is 8.68. The van der Waals surface area contributed by atoms with Crippen LogP contribution in [0.4, 0.5) is 21.8 Å². The number of nitrogens with zero attached hydrogens (tertiary/aromatic N) is 5. The zero-order chi connectivity index (χ0) is 23.8. The Labute approximate surface area is 195 Å². The molecule has 1 amide bonds. The number of aryl methyl sites for hydroxylation is 2.